The van der Waals surface area contributed by atoms with Crippen molar-refractivity contribution < 1.29 is 43.2 Å². The van der Waals surface area contributed by atoms with E-state index in [1.165, 1.54) is 10.5 Å². The number of amides is 4. The number of hydrogen-bond donors (Lipinski definition) is 3. The molecule has 3 heterocycles. The van der Waals surface area contributed by atoms with Gasteiger partial charge in [-0.2, -0.15) is 0 Å². The van der Waals surface area contributed by atoms with Gasteiger partial charge < -0.3 is 44.5 Å². The molecule has 2 fully saturated rings. The van der Waals surface area contributed by atoms with Crippen LogP contribution in [0.4, 0.5) is 0 Å². The summed E-state index contributed by atoms with van der Waals surface area (Å²) in [5, 5.41) is 16.4. The fourth-order valence-corrected chi connectivity index (χ4v) is 10.5. The van der Waals surface area contributed by atoms with Gasteiger partial charge in [-0.05, 0) is 69.9 Å². The highest BCUT2D eigenvalue weighted by Crippen LogP contribution is 2.36. The molecule has 0 radical (unpaired) electrons. The van der Waals surface area contributed by atoms with Crippen LogP contribution in [-0.2, 0) is 39.9 Å². The van der Waals surface area contributed by atoms with Crippen molar-refractivity contribution in [2.75, 3.05) is 91.4 Å². The highest BCUT2D eigenvalue weighted by atomic mass is 35.5. The third kappa shape index (κ3) is 17.5. The highest BCUT2D eigenvalue weighted by molar-refractivity contribution is 7.13. The molecule has 4 aromatic carbocycles. The van der Waals surface area contributed by atoms with E-state index in [9.17, 15) is 24.3 Å². The standard InChI is InChI=1S/C60H75ClN6O9S/c1-43-56(77-42-63-43)48-17-15-44(16-18-48)40-62-58(71)52-39-49(68)41-67(52)59(72)57(60(2,3)4)64-53(69)24-32-73-35-37-75-38-36-74-33-25-54(70)66-29-27-65(28-30-66)31-34-76-50-21-19-47(20-22-50)55(46-13-9-6-10-14-46)51(23-26-61)45-11-7-5-8-12-45/h5-22,42,49,52,57,68H,23-41H2,1-4H3,(H,62,71)(H,64,69)/b55-51-/t49-,52+,57-/m1/s1. The number of halogens is 1. The molecular formula is C60H75ClN6O9S. The number of aryl methyl sites for hydroxylation is 1. The number of β-amino-alcohol motifs (C(OH)–C–C–N with tert-alkyl or cyclic N) is 1. The molecule has 0 unspecified atom stereocenters. The zero-order valence-corrected chi connectivity index (χ0v) is 46.5. The van der Waals surface area contributed by atoms with Crippen LogP contribution in [0.1, 0.15) is 74.4 Å². The minimum atomic E-state index is -0.935. The zero-order chi connectivity index (χ0) is 54.6. The number of alkyl halides is 1. The van der Waals surface area contributed by atoms with Crippen molar-refractivity contribution in [3.8, 4) is 16.2 Å². The van der Waals surface area contributed by atoms with E-state index in [4.69, 9.17) is 30.5 Å². The van der Waals surface area contributed by atoms with Gasteiger partial charge in [0.05, 0.1) is 68.2 Å². The van der Waals surface area contributed by atoms with Crippen molar-refractivity contribution in [2.45, 2.75) is 78.1 Å². The number of carbonyl (C=O) groups is 4. The van der Waals surface area contributed by atoms with Gasteiger partial charge in [-0.15, -0.1) is 22.9 Å². The Balaban J connectivity index is 0.721. The van der Waals surface area contributed by atoms with Crippen LogP contribution in [0.5, 0.6) is 5.75 Å². The van der Waals surface area contributed by atoms with Crippen LogP contribution in [0.2, 0.25) is 0 Å². The van der Waals surface area contributed by atoms with E-state index in [1.54, 1.807) is 11.3 Å². The summed E-state index contributed by atoms with van der Waals surface area (Å²) < 4.78 is 23.1. The van der Waals surface area contributed by atoms with E-state index in [2.05, 4.69) is 81.2 Å². The van der Waals surface area contributed by atoms with Crippen molar-refractivity contribution in [2.24, 2.45) is 5.41 Å². The van der Waals surface area contributed by atoms with E-state index in [1.807, 2.05) is 86.6 Å². The van der Waals surface area contributed by atoms with E-state index in [0.29, 0.717) is 58.4 Å². The van der Waals surface area contributed by atoms with Gasteiger partial charge in [0.15, 0.2) is 0 Å². The fraction of sp³-hybridized carbons (Fsp3) is 0.450. The van der Waals surface area contributed by atoms with Crippen LogP contribution in [0, 0.1) is 12.3 Å². The number of nitrogens with zero attached hydrogens (tertiary/aromatic N) is 4. The molecule has 1 aromatic heterocycles. The van der Waals surface area contributed by atoms with Gasteiger partial charge in [-0.25, -0.2) is 4.98 Å². The summed E-state index contributed by atoms with van der Waals surface area (Å²) in [7, 11) is 0. The first-order valence-electron chi connectivity index (χ1n) is 26.7. The van der Waals surface area contributed by atoms with Gasteiger partial charge in [-0.3, -0.25) is 24.1 Å². The number of aromatic nitrogens is 1. The summed E-state index contributed by atoms with van der Waals surface area (Å²) in [6.07, 6.45) is 0.297. The maximum absolute atomic E-state index is 14.0. The summed E-state index contributed by atoms with van der Waals surface area (Å²) >= 11 is 7.91. The monoisotopic (exact) mass is 1090 g/mol. The summed E-state index contributed by atoms with van der Waals surface area (Å²) in [6.45, 7) is 13.6. The van der Waals surface area contributed by atoms with Gasteiger partial charge in [0, 0.05) is 64.5 Å². The minimum absolute atomic E-state index is 0.00771. The highest BCUT2D eigenvalue weighted by Gasteiger charge is 2.44. The average molecular weight is 1090 g/mol. The first kappa shape index (κ1) is 58.7. The van der Waals surface area contributed by atoms with Gasteiger partial charge in [0.1, 0.15) is 24.4 Å². The molecule has 2 aliphatic heterocycles. The molecule has 0 spiro atoms. The number of ether oxygens (including phenoxy) is 4. The second kappa shape index (κ2) is 29.7. The number of piperazine rings is 1. The minimum Gasteiger partial charge on any atom is -0.492 e. The van der Waals surface area contributed by atoms with E-state index >= 15 is 0 Å². The largest absolute Gasteiger partial charge is 0.492 e. The molecule has 0 saturated carbocycles. The van der Waals surface area contributed by atoms with E-state index in [-0.39, 0.29) is 56.9 Å². The number of hydrogen-bond acceptors (Lipinski definition) is 12. The Bertz CT molecular complexity index is 2680. The maximum Gasteiger partial charge on any atom is 0.246 e. The van der Waals surface area contributed by atoms with Gasteiger partial charge >= 0.3 is 0 Å². The van der Waals surface area contributed by atoms with Crippen molar-refractivity contribution in [1.82, 2.24) is 30.3 Å². The lowest BCUT2D eigenvalue weighted by Gasteiger charge is -2.35. The van der Waals surface area contributed by atoms with Crippen LogP contribution in [0.15, 0.2) is 115 Å². The predicted octanol–water partition coefficient (Wildman–Crippen LogP) is 7.87. The fourth-order valence-electron chi connectivity index (χ4n) is 9.54. The molecule has 4 amide bonds. The average Bonchev–Trinajstić information content (AvgIpc) is 4.06. The topological polar surface area (TPSA) is 172 Å². The second-order valence-corrected chi connectivity index (χ2v) is 21.6. The Labute approximate surface area is 462 Å². The molecule has 7 rings (SSSR count). The molecule has 3 atom stereocenters. The normalized spacial score (nSPS) is 16.7. The number of allylic oxidation sites excluding steroid dienone is 1. The van der Waals surface area contributed by atoms with Crippen molar-refractivity contribution in [1.29, 1.82) is 0 Å². The summed E-state index contributed by atoms with van der Waals surface area (Å²) in [6, 6.07) is 35.2. The lowest BCUT2D eigenvalue weighted by molar-refractivity contribution is -0.144. The maximum atomic E-state index is 14.0. The zero-order valence-electron chi connectivity index (χ0n) is 44.9. The van der Waals surface area contributed by atoms with Crippen LogP contribution in [0.25, 0.3) is 21.6 Å². The third-order valence-electron chi connectivity index (χ3n) is 13.8. The van der Waals surface area contributed by atoms with Crippen LogP contribution in [-0.4, -0.2) is 158 Å². The molecule has 0 bridgehead atoms. The summed E-state index contributed by atoms with van der Waals surface area (Å²) in [4.78, 5) is 64.5. The lowest BCUT2D eigenvalue weighted by Crippen LogP contribution is -2.57. The van der Waals surface area contributed by atoms with E-state index in [0.717, 1.165) is 75.8 Å². The molecule has 3 N–H and O–H groups in total. The number of benzene rings is 4. The molecule has 15 nitrogen and oxygen atoms in total. The summed E-state index contributed by atoms with van der Waals surface area (Å²) in [5.74, 6) is 0.245. The quantitative estimate of drug-likeness (QED) is 0.0266. The number of aliphatic hydroxyl groups is 1. The number of carbonyl (C=O) groups excluding carboxylic acids is 4. The molecule has 0 aliphatic carbocycles. The first-order valence-corrected chi connectivity index (χ1v) is 28.1. The Kier molecular flexibility index (Phi) is 22.6. The molecule has 2 saturated heterocycles. The number of aliphatic hydroxyl groups excluding tert-OH is 1. The van der Waals surface area contributed by atoms with Crippen molar-refractivity contribution in [3.05, 3.63) is 143 Å². The smallest absolute Gasteiger partial charge is 0.246 e. The molecule has 5 aromatic rings. The summed E-state index contributed by atoms with van der Waals surface area (Å²) in [5.41, 5.74) is 9.82. The number of likely N-dealkylation sites (tertiary alicyclic amines) is 1. The van der Waals surface area contributed by atoms with Crippen LogP contribution in [0.3, 0.4) is 0 Å². The number of nitrogens with one attached hydrogen (secondary N) is 2. The van der Waals surface area contributed by atoms with E-state index < -0.39 is 29.5 Å². The Morgan fingerprint density at radius 1 is 0.753 bits per heavy atom. The molecular weight excluding hydrogens is 1020 g/mol. The Morgan fingerprint density at radius 3 is 1.97 bits per heavy atom. The third-order valence-corrected chi connectivity index (χ3v) is 14.9. The lowest BCUT2D eigenvalue weighted by atomic mass is 9.85. The van der Waals surface area contributed by atoms with Crippen molar-refractivity contribution >= 4 is 57.7 Å². The molecule has 77 heavy (non-hydrogen) atoms. The molecule has 17 heteroatoms. The van der Waals surface area contributed by atoms with Gasteiger partial charge in [-0.1, -0.05) is 118 Å². The second-order valence-electron chi connectivity index (χ2n) is 20.4. The first-order chi connectivity index (χ1) is 37.3. The van der Waals surface area contributed by atoms with Gasteiger partial charge in [0.25, 0.3) is 0 Å². The van der Waals surface area contributed by atoms with Crippen molar-refractivity contribution in [3.63, 3.8) is 0 Å². The molecule has 2 aliphatic rings. The Hall–Kier alpha value is -5.98. The number of rotatable bonds is 27. The SMILES string of the molecule is Cc1ncsc1-c1ccc(CNC(=O)[C@@H]2C[C@@H](O)CN2C(=O)[C@@H](NC(=O)CCOCCOCCOCCC(=O)N2CCN(CCOc3ccc(/C(=C(/CCCl)c4ccccc4)c4ccccc4)cc3)CC2)C(C)(C)C)cc1. The van der Waals surface area contributed by atoms with Crippen LogP contribution < -0.4 is 15.4 Å². The number of thiazole rings is 1. The predicted molar refractivity (Wildman–Crippen MR) is 302 cm³/mol. The van der Waals surface area contributed by atoms with Crippen LogP contribution >= 0.6 is 22.9 Å². The molecule has 412 valence electrons. The van der Waals surface area contributed by atoms with Gasteiger partial charge in [0.2, 0.25) is 23.6 Å². The Morgan fingerprint density at radius 2 is 1.36 bits per heavy atom.